The molecule has 114 valence electrons. The van der Waals surface area contributed by atoms with E-state index in [1.807, 2.05) is 6.92 Å². The van der Waals surface area contributed by atoms with E-state index in [1.165, 1.54) is 0 Å². The van der Waals surface area contributed by atoms with Crippen molar-refractivity contribution in [1.82, 2.24) is 0 Å². The first-order chi connectivity index (χ1) is 9.33. The van der Waals surface area contributed by atoms with E-state index in [9.17, 15) is 18.3 Å². The average molecular weight is 357 g/mol. The lowest BCUT2D eigenvalue weighted by molar-refractivity contribution is -0.175. The summed E-state index contributed by atoms with van der Waals surface area (Å²) >= 11 is 3.31. The Morgan fingerprint density at radius 3 is 2.60 bits per heavy atom. The Morgan fingerprint density at radius 2 is 2.05 bits per heavy atom. The van der Waals surface area contributed by atoms with Gasteiger partial charge in [0.1, 0.15) is 12.4 Å². The van der Waals surface area contributed by atoms with E-state index in [-0.39, 0.29) is 13.0 Å². The first kappa shape index (κ1) is 17.3. The maximum Gasteiger partial charge on any atom is 0.411 e. The summed E-state index contributed by atoms with van der Waals surface area (Å²) in [5.41, 5.74) is 0.593. The van der Waals surface area contributed by atoms with Crippen molar-refractivity contribution in [3.63, 3.8) is 0 Å². The molecule has 20 heavy (non-hydrogen) atoms. The van der Waals surface area contributed by atoms with Gasteiger partial charge >= 0.3 is 6.18 Å². The van der Waals surface area contributed by atoms with Crippen molar-refractivity contribution in [1.29, 1.82) is 0 Å². The number of benzene rings is 1. The molecule has 0 aliphatic rings. The number of hydrogen-bond acceptors (Lipinski definition) is 3. The number of hydrogen-bond donors (Lipinski definition) is 1. The average Bonchev–Trinajstić information content (AvgIpc) is 2.36. The van der Waals surface area contributed by atoms with Gasteiger partial charge in [0.2, 0.25) is 0 Å². The maximum absolute atomic E-state index is 11.9. The second-order valence-corrected chi connectivity index (χ2v) is 4.95. The molecule has 3 nitrogen and oxygen atoms in total. The van der Waals surface area contributed by atoms with Gasteiger partial charge in [0, 0.05) is 13.0 Å². The topological polar surface area (TPSA) is 38.7 Å². The number of aliphatic hydroxyl groups is 1. The third-order valence-electron chi connectivity index (χ3n) is 2.44. The fourth-order valence-corrected chi connectivity index (χ4v) is 2.06. The van der Waals surface area contributed by atoms with Gasteiger partial charge in [-0.1, -0.05) is 6.07 Å². The van der Waals surface area contributed by atoms with Gasteiger partial charge in [0.15, 0.2) is 0 Å². The van der Waals surface area contributed by atoms with Gasteiger partial charge in [0.25, 0.3) is 0 Å². The summed E-state index contributed by atoms with van der Waals surface area (Å²) in [5, 5.41) is 9.87. The van der Waals surface area contributed by atoms with Crippen molar-refractivity contribution in [3.8, 4) is 5.75 Å². The Kier molecular flexibility index (Phi) is 6.78. The molecule has 1 N–H and O–H groups in total. The molecule has 0 saturated carbocycles. The standard InChI is InChI=1S/C13H16BrF3O3/c1-2-20-12-4-3-9(7-10(12)14)11(18)5-6-19-8-13(15,16)17/h3-4,7,11,18H,2,5-6,8H2,1H3. The van der Waals surface area contributed by atoms with Crippen molar-refractivity contribution in [2.24, 2.45) is 0 Å². The highest BCUT2D eigenvalue weighted by Crippen LogP contribution is 2.29. The number of halogens is 4. The Labute approximate surface area is 123 Å². The Morgan fingerprint density at radius 1 is 1.35 bits per heavy atom. The Hall–Kier alpha value is -0.790. The predicted octanol–water partition coefficient (Wildman–Crippen LogP) is 3.85. The van der Waals surface area contributed by atoms with E-state index in [4.69, 9.17) is 4.74 Å². The first-order valence-electron chi connectivity index (χ1n) is 6.08. The molecule has 7 heteroatoms. The fraction of sp³-hybridized carbons (Fsp3) is 0.538. The van der Waals surface area contributed by atoms with E-state index >= 15 is 0 Å². The molecule has 1 atom stereocenters. The summed E-state index contributed by atoms with van der Waals surface area (Å²) in [6, 6.07) is 5.05. The van der Waals surface area contributed by atoms with Crippen LogP contribution in [0.2, 0.25) is 0 Å². The second kappa shape index (κ2) is 7.85. The zero-order chi connectivity index (χ0) is 15.2. The van der Waals surface area contributed by atoms with E-state index in [0.717, 1.165) is 0 Å². The molecule has 0 aliphatic carbocycles. The molecule has 1 unspecified atom stereocenters. The van der Waals surface area contributed by atoms with Crippen molar-refractivity contribution < 1.29 is 27.8 Å². The SMILES string of the molecule is CCOc1ccc(C(O)CCOCC(F)(F)F)cc1Br. The van der Waals surface area contributed by atoms with Crippen LogP contribution in [0.25, 0.3) is 0 Å². The predicted molar refractivity (Wildman–Crippen MR) is 71.8 cm³/mol. The van der Waals surface area contributed by atoms with Crippen molar-refractivity contribution in [2.75, 3.05) is 19.8 Å². The van der Waals surface area contributed by atoms with Gasteiger partial charge in [-0.25, -0.2) is 0 Å². The highest BCUT2D eigenvalue weighted by atomic mass is 79.9. The van der Waals surface area contributed by atoms with Gasteiger partial charge in [-0.3, -0.25) is 0 Å². The third-order valence-corrected chi connectivity index (χ3v) is 3.06. The normalized spacial score (nSPS) is 13.3. The lowest BCUT2D eigenvalue weighted by Gasteiger charge is -2.14. The minimum absolute atomic E-state index is 0.0938. The summed E-state index contributed by atoms with van der Waals surface area (Å²) in [6.07, 6.45) is -5.13. The summed E-state index contributed by atoms with van der Waals surface area (Å²) in [7, 11) is 0. The minimum atomic E-state index is -4.34. The number of alkyl halides is 3. The molecular formula is C13H16BrF3O3. The molecule has 0 aliphatic heterocycles. The van der Waals surface area contributed by atoms with Crippen LogP contribution < -0.4 is 4.74 Å². The van der Waals surface area contributed by atoms with Crippen molar-refractivity contribution in [3.05, 3.63) is 28.2 Å². The van der Waals surface area contributed by atoms with Crippen LogP contribution in [-0.4, -0.2) is 31.1 Å². The zero-order valence-corrected chi connectivity index (χ0v) is 12.5. The molecule has 0 fully saturated rings. The lowest BCUT2D eigenvalue weighted by atomic mass is 10.1. The summed E-state index contributed by atoms with van der Waals surface area (Å²) < 4.78 is 46.1. The van der Waals surface area contributed by atoms with Gasteiger partial charge in [0.05, 0.1) is 17.2 Å². The Bertz CT molecular complexity index is 424. The van der Waals surface area contributed by atoms with Crippen LogP contribution in [0.5, 0.6) is 5.75 Å². The summed E-state index contributed by atoms with van der Waals surface area (Å²) in [4.78, 5) is 0. The fourth-order valence-electron chi connectivity index (χ4n) is 1.55. The van der Waals surface area contributed by atoms with E-state index < -0.39 is 18.9 Å². The number of rotatable bonds is 7. The number of ether oxygens (including phenoxy) is 2. The minimum Gasteiger partial charge on any atom is -0.493 e. The molecule has 0 heterocycles. The highest BCUT2D eigenvalue weighted by molar-refractivity contribution is 9.10. The van der Waals surface area contributed by atoms with Crippen LogP contribution in [0.1, 0.15) is 25.0 Å². The molecule has 0 amide bonds. The Balaban J connectivity index is 2.47. The van der Waals surface area contributed by atoms with E-state index in [0.29, 0.717) is 22.4 Å². The monoisotopic (exact) mass is 356 g/mol. The molecule has 0 saturated heterocycles. The highest BCUT2D eigenvalue weighted by Gasteiger charge is 2.27. The van der Waals surface area contributed by atoms with Crippen molar-refractivity contribution >= 4 is 15.9 Å². The van der Waals surface area contributed by atoms with Crippen LogP contribution in [0, 0.1) is 0 Å². The quantitative estimate of drug-likeness (QED) is 0.754. The van der Waals surface area contributed by atoms with Gasteiger partial charge in [-0.15, -0.1) is 0 Å². The van der Waals surface area contributed by atoms with Crippen LogP contribution >= 0.6 is 15.9 Å². The zero-order valence-electron chi connectivity index (χ0n) is 10.9. The molecule has 1 rings (SSSR count). The van der Waals surface area contributed by atoms with E-state index in [1.54, 1.807) is 18.2 Å². The van der Waals surface area contributed by atoms with Crippen LogP contribution in [-0.2, 0) is 4.74 Å². The van der Waals surface area contributed by atoms with Gasteiger partial charge < -0.3 is 14.6 Å². The molecule has 1 aromatic rings. The van der Waals surface area contributed by atoms with Crippen molar-refractivity contribution in [2.45, 2.75) is 25.6 Å². The summed E-state index contributed by atoms with van der Waals surface area (Å²) in [6.45, 7) is 0.914. The third kappa shape index (κ3) is 6.11. The lowest BCUT2D eigenvalue weighted by Crippen LogP contribution is -2.18. The van der Waals surface area contributed by atoms with Crippen LogP contribution in [0.3, 0.4) is 0 Å². The summed E-state index contributed by atoms with van der Waals surface area (Å²) in [5.74, 6) is 0.650. The largest absolute Gasteiger partial charge is 0.493 e. The first-order valence-corrected chi connectivity index (χ1v) is 6.87. The molecule has 0 radical (unpaired) electrons. The molecule has 0 spiro atoms. The van der Waals surface area contributed by atoms with Gasteiger partial charge in [-0.2, -0.15) is 13.2 Å². The second-order valence-electron chi connectivity index (χ2n) is 4.10. The molecule has 0 bridgehead atoms. The number of aliphatic hydroxyl groups excluding tert-OH is 1. The van der Waals surface area contributed by atoms with Gasteiger partial charge in [-0.05, 0) is 40.5 Å². The molecular weight excluding hydrogens is 341 g/mol. The smallest absolute Gasteiger partial charge is 0.411 e. The van der Waals surface area contributed by atoms with Crippen LogP contribution in [0.4, 0.5) is 13.2 Å². The van der Waals surface area contributed by atoms with E-state index in [2.05, 4.69) is 20.7 Å². The van der Waals surface area contributed by atoms with Crippen LogP contribution in [0.15, 0.2) is 22.7 Å². The maximum atomic E-state index is 11.9. The molecule has 0 aromatic heterocycles. The molecule has 1 aromatic carbocycles.